The SMILES string of the molecule is O=C1C2C3CC(C2C(=O)N1c1ccc(Br)cc1)C1C3Sc2[nH]c(=O)sc2[C@@H]1c1ccc(F)cc1. The predicted molar refractivity (Wildman–Crippen MR) is 132 cm³/mol. The Morgan fingerprint density at radius 1 is 0.941 bits per heavy atom. The summed E-state index contributed by atoms with van der Waals surface area (Å²) in [6.07, 6.45) is 0.834. The van der Waals surface area contributed by atoms with Gasteiger partial charge in [-0.1, -0.05) is 39.4 Å². The summed E-state index contributed by atoms with van der Waals surface area (Å²) in [4.78, 5) is 44.7. The van der Waals surface area contributed by atoms with Crippen molar-refractivity contribution in [3.05, 3.63) is 78.9 Å². The Labute approximate surface area is 210 Å². The van der Waals surface area contributed by atoms with Gasteiger partial charge < -0.3 is 4.98 Å². The van der Waals surface area contributed by atoms with E-state index < -0.39 is 0 Å². The monoisotopic (exact) mass is 556 g/mol. The molecular formula is C25H18BrFN2O3S2. The standard InChI is InChI=1S/C25H18BrFN2O3S2/c26-11-3-7-13(8-4-11)29-23(30)18-14-9-15(19(18)24(29)31)20-17(14)16(10-1-5-12(27)6-2-10)21-22(33-20)28-25(32)34-21/h1-8,14-20H,9H2,(H,28,32)/t14?,15?,16-,17?,18?,19?,20?/m1/s1. The lowest BCUT2D eigenvalue weighted by molar-refractivity contribution is -0.123. The molecule has 5 nitrogen and oxygen atoms in total. The lowest BCUT2D eigenvalue weighted by Crippen LogP contribution is -2.42. The predicted octanol–water partition coefficient (Wildman–Crippen LogP) is 5.02. The van der Waals surface area contributed by atoms with E-state index in [9.17, 15) is 18.8 Å². The number of nitrogens with zero attached hydrogens (tertiary/aromatic N) is 1. The Hall–Kier alpha value is -2.23. The van der Waals surface area contributed by atoms with Crippen LogP contribution in [0.3, 0.4) is 0 Å². The molecule has 0 spiro atoms. The average molecular weight is 557 g/mol. The van der Waals surface area contributed by atoms with E-state index >= 15 is 0 Å². The first-order chi connectivity index (χ1) is 16.4. The second-order valence-electron chi connectivity index (χ2n) is 9.50. The van der Waals surface area contributed by atoms with Crippen molar-refractivity contribution in [1.82, 2.24) is 4.98 Å². The highest BCUT2D eigenvalue weighted by molar-refractivity contribution is 9.10. The molecule has 2 aliphatic carbocycles. The van der Waals surface area contributed by atoms with E-state index in [0.29, 0.717) is 5.69 Å². The van der Waals surface area contributed by atoms with Gasteiger partial charge in [-0.3, -0.25) is 19.3 Å². The van der Waals surface area contributed by atoms with Gasteiger partial charge in [0.1, 0.15) is 5.82 Å². The van der Waals surface area contributed by atoms with Crippen molar-refractivity contribution in [2.45, 2.75) is 22.6 Å². The van der Waals surface area contributed by atoms with Crippen molar-refractivity contribution in [3.63, 3.8) is 0 Å². The van der Waals surface area contributed by atoms with Crippen molar-refractivity contribution in [2.24, 2.45) is 29.6 Å². The summed E-state index contributed by atoms with van der Waals surface area (Å²) in [7, 11) is 0. The van der Waals surface area contributed by atoms with Crippen molar-refractivity contribution >= 4 is 56.5 Å². The first kappa shape index (κ1) is 21.1. The number of halogens is 2. The molecule has 172 valence electrons. The number of fused-ring (bicyclic) bond motifs is 9. The van der Waals surface area contributed by atoms with Crippen LogP contribution in [0.15, 0.2) is 62.8 Å². The number of imide groups is 1. The number of thiazole rings is 1. The Bertz CT molecular complexity index is 1400. The maximum atomic E-state index is 13.7. The number of H-pyrrole nitrogens is 1. The molecule has 2 amide bonds. The number of rotatable bonds is 2. The second-order valence-corrected chi connectivity index (χ2v) is 12.6. The van der Waals surface area contributed by atoms with Gasteiger partial charge in [0.2, 0.25) is 11.8 Å². The minimum Gasteiger partial charge on any atom is -0.307 e. The number of hydrogen-bond donors (Lipinski definition) is 1. The molecule has 3 heterocycles. The largest absolute Gasteiger partial charge is 0.307 e. The highest BCUT2D eigenvalue weighted by Gasteiger charge is 2.69. The fourth-order valence-corrected chi connectivity index (χ4v) is 10.1. The number of hydrogen-bond acceptors (Lipinski definition) is 5. The quantitative estimate of drug-likeness (QED) is 0.450. The van der Waals surface area contributed by atoms with E-state index in [0.717, 1.165) is 26.4 Å². The molecule has 7 rings (SSSR count). The number of aromatic nitrogens is 1. The first-order valence-electron chi connectivity index (χ1n) is 11.2. The number of nitrogens with one attached hydrogen (secondary N) is 1. The fraction of sp³-hybridized carbons (Fsp3) is 0.320. The molecule has 1 N–H and O–H groups in total. The number of amides is 2. The molecule has 7 atom stereocenters. The highest BCUT2D eigenvalue weighted by atomic mass is 79.9. The molecular weight excluding hydrogens is 539 g/mol. The van der Waals surface area contributed by atoms with Gasteiger partial charge in [0.25, 0.3) is 0 Å². The van der Waals surface area contributed by atoms with E-state index in [2.05, 4.69) is 20.9 Å². The van der Waals surface area contributed by atoms with Crippen LogP contribution in [0, 0.1) is 35.4 Å². The average Bonchev–Trinajstić information content (AvgIpc) is 3.54. The molecule has 1 saturated heterocycles. The van der Waals surface area contributed by atoms with Crippen molar-refractivity contribution in [2.75, 3.05) is 4.90 Å². The number of anilines is 1. The van der Waals surface area contributed by atoms with E-state index in [4.69, 9.17) is 0 Å². The van der Waals surface area contributed by atoms with E-state index in [1.807, 2.05) is 12.1 Å². The molecule has 9 heteroatoms. The molecule has 6 unspecified atom stereocenters. The van der Waals surface area contributed by atoms with Gasteiger partial charge in [-0.25, -0.2) is 4.39 Å². The molecule has 1 aromatic heterocycles. The molecule has 2 bridgehead atoms. The normalized spacial score (nSPS) is 33.2. The minimum atomic E-state index is -0.344. The van der Waals surface area contributed by atoms with Gasteiger partial charge in [0.05, 0.1) is 22.5 Å². The van der Waals surface area contributed by atoms with Gasteiger partial charge in [-0.05, 0) is 66.1 Å². The Morgan fingerprint density at radius 3 is 2.32 bits per heavy atom. The van der Waals surface area contributed by atoms with Gasteiger partial charge in [-0.2, -0.15) is 0 Å². The van der Waals surface area contributed by atoms with Crippen LogP contribution in [0.2, 0.25) is 0 Å². The van der Waals surface area contributed by atoms with Crippen LogP contribution in [0.25, 0.3) is 0 Å². The minimum absolute atomic E-state index is 0.0461. The van der Waals surface area contributed by atoms with Crippen molar-refractivity contribution in [1.29, 1.82) is 0 Å². The van der Waals surface area contributed by atoms with Crippen LogP contribution in [-0.2, 0) is 9.59 Å². The van der Waals surface area contributed by atoms with Crippen LogP contribution in [-0.4, -0.2) is 22.0 Å². The highest BCUT2D eigenvalue weighted by Crippen LogP contribution is 2.68. The van der Waals surface area contributed by atoms with Gasteiger partial charge >= 0.3 is 4.87 Å². The van der Waals surface area contributed by atoms with Gasteiger partial charge in [0.15, 0.2) is 0 Å². The number of aromatic amines is 1. The lowest BCUT2D eigenvalue weighted by Gasteiger charge is -2.43. The summed E-state index contributed by atoms with van der Waals surface area (Å²) in [6, 6.07) is 13.8. The smallest absolute Gasteiger partial charge is 0.305 e. The van der Waals surface area contributed by atoms with Crippen molar-refractivity contribution < 1.29 is 14.0 Å². The zero-order chi connectivity index (χ0) is 23.3. The Morgan fingerprint density at radius 2 is 1.62 bits per heavy atom. The number of carbonyl (C=O) groups is 2. The molecule has 3 aromatic rings. The molecule has 2 aliphatic heterocycles. The van der Waals surface area contributed by atoms with Crippen molar-refractivity contribution in [3.8, 4) is 0 Å². The summed E-state index contributed by atoms with van der Waals surface area (Å²) < 4.78 is 14.6. The molecule has 3 fully saturated rings. The van der Waals surface area contributed by atoms with Gasteiger partial charge in [-0.15, -0.1) is 11.8 Å². The third-order valence-electron chi connectivity index (χ3n) is 8.04. The zero-order valence-electron chi connectivity index (χ0n) is 17.6. The van der Waals surface area contributed by atoms with Gasteiger partial charge in [0, 0.05) is 20.5 Å². The zero-order valence-corrected chi connectivity index (χ0v) is 20.8. The molecule has 34 heavy (non-hydrogen) atoms. The van der Waals surface area contributed by atoms with E-state index in [-0.39, 0.29) is 63.3 Å². The third-order valence-corrected chi connectivity index (χ3v) is 11.2. The third kappa shape index (κ3) is 2.80. The summed E-state index contributed by atoms with van der Waals surface area (Å²) in [5, 5.41) is 0.983. The molecule has 0 radical (unpaired) electrons. The maximum Gasteiger partial charge on any atom is 0.305 e. The Kier molecular flexibility index (Phi) is 4.58. The second kappa shape index (κ2) is 7.38. The summed E-state index contributed by atoms with van der Waals surface area (Å²) in [5.74, 6) is -1.05. The van der Waals surface area contributed by atoms with Crippen LogP contribution >= 0.6 is 39.0 Å². The molecule has 4 aliphatic rings. The first-order valence-corrected chi connectivity index (χ1v) is 13.7. The number of thioether (sulfide) groups is 1. The number of carbonyl (C=O) groups excluding carboxylic acids is 2. The maximum absolute atomic E-state index is 13.7. The molecule has 2 saturated carbocycles. The van der Waals surface area contributed by atoms with E-state index in [1.165, 1.54) is 28.4 Å². The topological polar surface area (TPSA) is 70.2 Å². The lowest BCUT2D eigenvalue weighted by atomic mass is 9.68. The molecule has 2 aromatic carbocycles. The summed E-state index contributed by atoms with van der Waals surface area (Å²) in [6.45, 7) is 0. The fourth-order valence-electron chi connectivity index (χ4n) is 6.90. The van der Waals surface area contributed by atoms with Crippen LogP contribution in [0.5, 0.6) is 0 Å². The summed E-state index contributed by atoms with van der Waals surface area (Å²) >= 11 is 6.28. The Balaban J connectivity index is 1.32. The van der Waals surface area contributed by atoms with E-state index in [1.54, 1.807) is 36.0 Å². The number of benzene rings is 2. The van der Waals surface area contributed by atoms with Crippen LogP contribution in [0.1, 0.15) is 22.8 Å². The van der Waals surface area contributed by atoms with Crippen LogP contribution in [0.4, 0.5) is 10.1 Å². The van der Waals surface area contributed by atoms with Crippen LogP contribution < -0.4 is 9.77 Å². The summed E-state index contributed by atoms with van der Waals surface area (Å²) in [5.41, 5.74) is 1.57.